The number of aryl methyl sites for hydroxylation is 2. The summed E-state index contributed by atoms with van der Waals surface area (Å²) in [5.74, 6) is 0.418. The van der Waals surface area contributed by atoms with Gasteiger partial charge in [0.25, 0.3) is 5.56 Å². The summed E-state index contributed by atoms with van der Waals surface area (Å²) in [5.41, 5.74) is 3.43. The van der Waals surface area contributed by atoms with E-state index in [0.717, 1.165) is 22.3 Å². The Labute approximate surface area is 178 Å². The number of hydrogen-bond acceptors (Lipinski definition) is 5. The first-order valence-corrected chi connectivity index (χ1v) is 10.5. The molecule has 1 amide bonds. The van der Waals surface area contributed by atoms with Crippen molar-refractivity contribution in [2.24, 2.45) is 0 Å². The lowest BCUT2D eigenvalue weighted by molar-refractivity contribution is -0.127. The lowest BCUT2D eigenvalue weighted by Gasteiger charge is -2.16. The van der Waals surface area contributed by atoms with Gasteiger partial charge in [-0.15, -0.1) is 10.2 Å². The molecule has 0 fully saturated rings. The number of aromatic nitrogens is 4. The van der Waals surface area contributed by atoms with Gasteiger partial charge in [-0.05, 0) is 44.5 Å². The van der Waals surface area contributed by atoms with Crippen LogP contribution in [0.25, 0.3) is 22.4 Å². The number of rotatable bonds is 4. The van der Waals surface area contributed by atoms with Crippen molar-refractivity contribution in [2.45, 2.75) is 31.2 Å². The Kier molecular flexibility index (Phi) is 5.11. The van der Waals surface area contributed by atoms with E-state index in [4.69, 9.17) is 0 Å². The fraction of sp³-hybridized carbons (Fsp3) is 0.273. The molecule has 0 saturated carbocycles. The van der Waals surface area contributed by atoms with E-state index < -0.39 is 0 Å². The number of benzene rings is 2. The maximum Gasteiger partial charge on any atom is 0.267 e. The molecule has 0 radical (unpaired) electrons. The number of amides is 1. The smallest absolute Gasteiger partial charge is 0.267 e. The van der Waals surface area contributed by atoms with E-state index in [0.29, 0.717) is 16.3 Å². The fourth-order valence-electron chi connectivity index (χ4n) is 3.60. The predicted molar refractivity (Wildman–Crippen MR) is 120 cm³/mol. The Morgan fingerprint density at radius 1 is 1.10 bits per heavy atom. The second kappa shape index (κ2) is 7.60. The minimum Gasteiger partial charge on any atom is -0.348 e. The lowest BCUT2D eigenvalue weighted by atomic mass is 10.1. The van der Waals surface area contributed by atoms with Gasteiger partial charge in [0, 0.05) is 14.1 Å². The van der Waals surface area contributed by atoms with Crippen LogP contribution in [0.2, 0.25) is 0 Å². The summed E-state index contributed by atoms with van der Waals surface area (Å²) in [7, 11) is 3.46. The molecule has 2 aromatic heterocycles. The van der Waals surface area contributed by atoms with E-state index in [2.05, 4.69) is 10.2 Å². The quantitative estimate of drug-likeness (QED) is 0.473. The number of para-hydroxylation sites is 1. The Morgan fingerprint density at radius 3 is 2.53 bits per heavy atom. The summed E-state index contributed by atoms with van der Waals surface area (Å²) in [6, 6.07) is 13.4. The van der Waals surface area contributed by atoms with Gasteiger partial charge in [-0.3, -0.25) is 14.0 Å². The summed E-state index contributed by atoms with van der Waals surface area (Å²) >= 11 is 1.33. The van der Waals surface area contributed by atoms with E-state index in [1.54, 1.807) is 29.6 Å². The standard InChI is InChI=1S/C22H23N5O2S/c1-13-10-11-17(14(2)12-13)26-20(29)16-8-6-7-9-18(16)27-21(26)23-24-22(27)30-15(3)19(28)25(4)5/h6-12,15H,1-5H3. The largest absolute Gasteiger partial charge is 0.348 e. The average Bonchev–Trinajstić information content (AvgIpc) is 3.12. The van der Waals surface area contributed by atoms with Gasteiger partial charge in [-0.1, -0.05) is 41.6 Å². The molecular weight excluding hydrogens is 398 g/mol. The van der Waals surface area contributed by atoms with Gasteiger partial charge in [0.05, 0.1) is 21.8 Å². The second-order valence-corrected chi connectivity index (χ2v) is 8.87. The predicted octanol–water partition coefficient (Wildman–Crippen LogP) is 3.22. The van der Waals surface area contributed by atoms with Crippen LogP contribution >= 0.6 is 11.8 Å². The summed E-state index contributed by atoms with van der Waals surface area (Å²) in [6.45, 7) is 5.84. The molecule has 0 spiro atoms. The van der Waals surface area contributed by atoms with E-state index in [9.17, 15) is 9.59 Å². The summed E-state index contributed by atoms with van der Waals surface area (Å²) in [5, 5.41) is 9.50. The highest BCUT2D eigenvalue weighted by Crippen LogP contribution is 2.27. The van der Waals surface area contributed by atoms with Crippen LogP contribution in [0.15, 0.2) is 52.4 Å². The van der Waals surface area contributed by atoms with Crippen molar-refractivity contribution in [1.29, 1.82) is 0 Å². The average molecular weight is 422 g/mol. The van der Waals surface area contributed by atoms with Crippen molar-refractivity contribution in [3.05, 3.63) is 63.9 Å². The van der Waals surface area contributed by atoms with Crippen molar-refractivity contribution < 1.29 is 4.79 Å². The molecule has 2 aromatic carbocycles. The zero-order valence-electron chi connectivity index (χ0n) is 17.6. The van der Waals surface area contributed by atoms with E-state index in [-0.39, 0.29) is 16.7 Å². The molecular formula is C22H23N5O2S. The summed E-state index contributed by atoms with van der Waals surface area (Å²) < 4.78 is 3.47. The second-order valence-electron chi connectivity index (χ2n) is 7.56. The number of carbonyl (C=O) groups excluding carboxylic acids is 1. The first kappa shape index (κ1) is 20.2. The molecule has 154 valence electrons. The first-order chi connectivity index (χ1) is 14.3. The van der Waals surface area contributed by atoms with Crippen molar-refractivity contribution in [3.8, 4) is 5.69 Å². The number of fused-ring (bicyclic) bond motifs is 3. The molecule has 30 heavy (non-hydrogen) atoms. The van der Waals surface area contributed by atoms with Crippen LogP contribution in [0.1, 0.15) is 18.1 Å². The van der Waals surface area contributed by atoms with Crippen LogP contribution in [0.3, 0.4) is 0 Å². The van der Waals surface area contributed by atoms with Gasteiger partial charge < -0.3 is 4.90 Å². The Bertz CT molecular complexity index is 1340. The highest BCUT2D eigenvalue weighted by Gasteiger charge is 2.23. The van der Waals surface area contributed by atoms with E-state index >= 15 is 0 Å². The highest BCUT2D eigenvalue weighted by molar-refractivity contribution is 8.00. The maximum absolute atomic E-state index is 13.4. The van der Waals surface area contributed by atoms with Gasteiger partial charge in [0.2, 0.25) is 11.7 Å². The summed E-state index contributed by atoms with van der Waals surface area (Å²) in [6.07, 6.45) is 0. The Morgan fingerprint density at radius 2 is 1.83 bits per heavy atom. The van der Waals surface area contributed by atoms with Crippen molar-refractivity contribution >= 4 is 34.3 Å². The van der Waals surface area contributed by atoms with Gasteiger partial charge in [-0.2, -0.15) is 0 Å². The number of carbonyl (C=O) groups is 1. The van der Waals surface area contributed by atoms with Crippen LogP contribution in [-0.2, 0) is 4.79 Å². The Balaban J connectivity index is 2.02. The van der Waals surface area contributed by atoms with Crippen LogP contribution in [0, 0.1) is 13.8 Å². The minimum atomic E-state index is -0.340. The molecule has 1 unspecified atom stereocenters. The van der Waals surface area contributed by atoms with Crippen LogP contribution in [0.4, 0.5) is 0 Å². The topological polar surface area (TPSA) is 72.5 Å². The molecule has 0 aliphatic carbocycles. The third-order valence-electron chi connectivity index (χ3n) is 5.06. The third kappa shape index (κ3) is 3.27. The third-order valence-corrected chi connectivity index (χ3v) is 6.09. The zero-order valence-corrected chi connectivity index (χ0v) is 18.4. The molecule has 0 aliphatic rings. The Hall–Kier alpha value is -3.13. The van der Waals surface area contributed by atoms with E-state index in [1.807, 2.05) is 61.6 Å². The van der Waals surface area contributed by atoms with Crippen molar-refractivity contribution in [3.63, 3.8) is 0 Å². The van der Waals surface area contributed by atoms with Gasteiger partial charge >= 0.3 is 0 Å². The lowest BCUT2D eigenvalue weighted by Crippen LogP contribution is -2.29. The molecule has 4 aromatic rings. The number of hydrogen-bond donors (Lipinski definition) is 0. The molecule has 0 bridgehead atoms. The van der Waals surface area contributed by atoms with Crippen LogP contribution < -0.4 is 5.56 Å². The van der Waals surface area contributed by atoms with Crippen LogP contribution in [0.5, 0.6) is 0 Å². The SMILES string of the molecule is Cc1ccc(-n2c(=O)c3ccccc3n3c(SC(C)C(=O)N(C)C)nnc23)c(C)c1. The van der Waals surface area contributed by atoms with Crippen molar-refractivity contribution in [2.75, 3.05) is 14.1 Å². The minimum absolute atomic E-state index is 0.0104. The molecule has 0 N–H and O–H groups in total. The number of thioether (sulfide) groups is 1. The summed E-state index contributed by atoms with van der Waals surface area (Å²) in [4.78, 5) is 27.4. The molecule has 2 heterocycles. The monoisotopic (exact) mass is 421 g/mol. The van der Waals surface area contributed by atoms with Crippen molar-refractivity contribution in [1.82, 2.24) is 24.1 Å². The number of nitrogens with zero attached hydrogens (tertiary/aromatic N) is 5. The molecule has 8 heteroatoms. The molecule has 0 saturated heterocycles. The first-order valence-electron chi connectivity index (χ1n) is 9.64. The molecule has 7 nitrogen and oxygen atoms in total. The zero-order chi connectivity index (χ0) is 21.6. The van der Waals surface area contributed by atoms with Gasteiger partial charge in [-0.25, -0.2) is 4.57 Å². The highest BCUT2D eigenvalue weighted by atomic mass is 32.2. The molecule has 4 rings (SSSR count). The van der Waals surface area contributed by atoms with Crippen LogP contribution in [-0.4, -0.2) is 49.3 Å². The van der Waals surface area contributed by atoms with Gasteiger partial charge in [0.1, 0.15) is 0 Å². The molecule has 0 aliphatic heterocycles. The van der Waals surface area contributed by atoms with Gasteiger partial charge in [0.15, 0.2) is 5.16 Å². The van der Waals surface area contributed by atoms with E-state index in [1.165, 1.54) is 11.8 Å². The normalized spacial score (nSPS) is 12.4. The maximum atomic E-state index is 13.4. The fourth-order valence-corrected chi connectivity index (χ4v) is 4.60. The molecule has 1 atom stereocenters.